The maximum absolute atomic E-state index is 12.7. The number of carbonyl (C=O) groups excluding carboxylic acids is 1. The molecule has 5 heteroatoms. The molecule has 0 bridgehead atoms. The van der Waals surface area contributed by atoms with Crippen molar-refractivity contribution in [3.05, 3.63) is 23.8 Å². The molecule has 1 aromatic rings. The van der Waals surface area contributed by atoms with Crippen LogP contribution in [0.1, 0.15) is 29.6 Å². The van der Waals surface area contributed by atoms with Gasteiger partial charge in [-0.1, -0.05) is 6.07 Å². The fourth-order valence-electron chi connectivity index (χ4n) is 2.22. The van der Waals surface area contributed by atoms with Crippen LogP contribution < -0.4 is 9.47 Å². The van der Waals surface area contributed by atoms with Gasteiger partial charge in [0.2, 0.25) is 0 Å². The van der Waals surface area contributed by atoms with Crippen molar-refractivity contribution in [3.8, 4) is 17.6 Å². The maximum atomic E-state index is 12.7. The van der Waals surface area contributed by atoms with E-state index in [0.717, 1.165) is 12.8 Å². The van der Waals surface area contributed by atoms with Gasteiger partial charge in [-0.15, -0.1) is 0 Å². The van der Waals surface area contributed by atoms with Crippen LogP contribution >= 0.6 is 0 Å². The third-order valence-electron chi connectivity index (χ3n) is 3.35. The van der Waals surface area contributed by atoms with Crippen LogP contribution in [0.15, 0.2) is 18.2 Å². The zero-order chi connectivity index (χ0) is 14.5. The van der Waals surface area contributed by atoms with E-state index < -0.39 is 0 Å². The number of ether oxygens (including phenoxy) is 2. The fourth-order valence-corrected chi connectivity index (χ4v) is 2.22. The molecule has 0 aliphatic heterocycles. The lowest BCUT2D eigenvalue weighted by Gasteiger charge is -2.22. The summed E-state index contributed by atoms with van der Waals surface area (Å²) in [4.78, 5) is 14.4. The van der Waals surface area contributed by atoms with Crippen LogP contribution in [0.3, 0.4) is 0 Å². The second-order valence-corrected chi connectivity index (χ2v) is 4.68. The standard InChI is InChI=1S/C15H18N2O3/c1-19-13-6-3-5-12(14(13)20-2)15(18)17(10-4-9-16)11-7-8-11/h3,5-6,11H,4,7-8,10H2,1-2H3. The summed E-state index contributed by atoms with van der Waals surface area (Å²) in [6.45, 7) is 0.459. The monoisotopic (exact) mass is 274 g/mol. The molecule has 0 aromatic heterocycles. The minimum absolute atomic E-state index is 0.0986. The Hall–Kier alpha value is -2.22. The Labute approximate surface area is 118 Å². The minimum Gasteiger partial charge on any atom is -0.493 e. The summed E-state index contributed by atoms with van der Waals surface area (Å²) < 4.78 is 10.5. The summed E-state index contributed by atoms with van der Waals surface area (Å²) in [6, 6.07) is 7.60. The van der Waals surface area contributed by atoms with Crippen molar-refractivity contribution < 1.29 is 14.3 Å². The van der Waals surface area contributed by atoms with Crippen molar-refractivity contribution in [1.82, 2.24) is 4.90 Å². The van der Waals surface area contributed by atoms with E-state index in [2.05, 4.69) is 6.07 Å². The van der Waals surface area contributed by atoms with Gasteiger partial charge in [-0.2, -0.15) is 5.26 Å². The molecule has 2 rings (SSSR count). The van der Waals surface area contributed by atoms with Gasteiger partial charge in [0.1, 0.15) is 0 Å². The summed E-state index contributed by atoms with van der Waals surface area (Å²) >= 11 is 0. The van der Waals surface area contributed by atoms with Crippen molar-refractivity contribution in [1.29, 1.82) is 5.26 Å². The van der Waals surface area contributed by atoms with Gasteiger partial charge in [0.25, 0.3) is 5.91 Å². The molecule has 0 unspecified atom stereocenters. The number of hydrogen-bond acceptors (Lipinski definition) is 4. The van der Waals surface area contributed by atoms with E-state index in [4.69, 9.17) is 14.7 Å². The first-order chi connectivity index (χ1) is 9.72. The third kappa shape index (κ3) is 2.85. The lowest BCUT2D eigenvalue weighted by Crippen LogP contribution is -2.34. The van der Waals surface area contributed by atoms with Crippen molar-refractivity contribution in [2.45, 2.75) is 25.3 Å². The summed E-state index contributed by atoms with van der Waals surface area (Å²) in [7, 11) is 3.06. The Morgan fingerprint density at radius 3 is 2.70 bits per heavy atom. The van der Waals surface area contributed by atoms with E-state index in [1.165, 1.54) is 7.11 Å². The molecular formula is C15H18N2O3. The number of rotatable bonds is 6. The van der Waals surface area contributed by atoms with Crippen molar-refractivity contribution in [3.63, 3.8) is 0 Å². The molecule has 1 amide bonds. The maximum Gasteiger partial charge on any atom is 0.258 e. The Kier molecular flexibility index (Phi) is 4.46. The number of benzene rings is 1. The van der Waals surface area contributed by atoms with Crippen molar-refractivity contribution in [2.24, 2.45) is 0 Å². The van der Waals surface area contributed by atoms with Gasteiger partial charge in [0.05, 0.1) is 32.3 Å². The van der Waals surface area contributed by atoms with Crippen LogP contribution in [0.4, 0.5) is 0 Å². The largest absolute Gasteiger partial charge is 0.493 e. The highest BCUT2D eigenvalue weighted by Crippen LogP contribution is 2.34. The molecule has 0 radical (unpaired) electrons. The average Bonchev–Trinajstić information content (AvgIpc) is 3.31. The molecular weight excluding hydrogens is 256 g/mol. The van der Waals surface area contributed by atoms with E-state index in [1.54, 1.807) is 30.2 Å². The van der Waals surface area contributed by atoms with Crippen molar-refractivity contribution >= 4 is 5.91 Å². The number of carbonyl (C=O) groups is 1. The SMILES string of the molecule is COc1cccc(C(=O)N(CCC#N)C2CC2)c1OC. The van der Waals surface area contributed by atoms with Crippen LogP contribution in [-0.4, -0.2) is 37.6 Å². The summed E-state index contributed by atoms with van der Waals surface area (Å²) in [5.41, 5.74) is 0.483. The molecule has 0 saturated heterocycles. The molecule has 1 saturated carbocycles. The summed E-state index contributed by atoms with van der Waals surface area (Å²) in [5.74, 6) is 0.885. The van der Waals surface area contributed by atoms with Crippen LogP contribution in [0.2, 0.25) is 0 Å². The van der Waals surface area contributed by atoms with Gasteiger partial charge in [-0.05, 0) is 25.0 Å². The number of nitrogens with zero attached hydrogens (tertiary/aromatic N) is 2. The van der Waals surface area contributed by atoms with Crippen LogP contribution in [0.25, 0.3) is 0 Å². The average molecular weight is 274 g/mol. The molecule has 0 atom stereocenters. The lowest BCUT2D eigenvalue weighted by atomic mass is 10.1. The number of para-hydroxylation sites is 1. The number of nitriles is 1. The molecule has 1 aromatic carbocycles. The van der Waals surface area contributed by atoms with Crippen LogP contribution in [-0.2, 0) is 0 Å². The molecule has 5 nitrogen and oxygen atoms in total. The Balaban J connectivity index is 2.29. The topological polar surface area (TPSA) is 62.6 Å². The molecule has 0 N–H and O–H groups in total. The van der Waals surface area contributed by atoms with Crippen molar-refractivity contribution in [2.75, 3.05) is 20.8 Å². The van der Waals surface area contributed by atoms with Crippen LogP contribution in [0.5, 0.6) is 11.5 Å². The zero-order valence-corrected chi connectivity index (χ0v) is 11.8. The number of methoxy groups -OCH3 is 2. The first-order valence-electron chi connectivity index (χ1n) is 6.61. The second kappa shape index (κ2) is 6.29. The Bertz CT molecular complexity index is 532. The van der Waals surface area contributed by atoms with E-state index in [9.17, 15) is 4.79 Å². The summed E-state index contributed by atoms with van der Waals surface area (Å²) in [6.07, 6.45) is 2.35. The fraction of sp³-hybridized carbons (Fsp3) is 0.467. The van der Waals surface area contributed by atoms with Gasteiger partial charge >= 0.3 is 0 Å². The van der Waals surface area contributed by atoms with E-state index in [0.29, 0.717) is 30.0 Å². The molecule has 1 fully saturated rings. The molecule has 1 aliphatic carbocycles. The number of hydrogen-bond donors (Lipinski definition) is 0. The van der Waals surface area contributed by atoms with E-state index in [-0.39, 0.29) is 11.9 Å². The molecule has 0 spiro atoms. The Morgan fingerprint density at radius 2 is 2.15 bits per heavy atom. The minimum atomic E-state index is -0.0986. The first kappa shape index (κ1) is 14.2. The summed E-state index contributed by atoms with van der Waals surface area (Å²) in [5, 5.41) is 8.72. The highest BCUT2D eigenvalue weighted by Gasteiger charge is 2.34. The molecule has 20 heavy (non-hydrogen) atoms. The molecule has 106 valence electrons. The van der Waals surface area contributed by atoms with Gasteiger partial charge in [0, 0.05) is 12.6 Å². The van der Waals surface area contributed by atoms with E-state index >= 15 is 0 Å². The molecule has 1 aliphatic rings. The third-order valence-corrected chi connectivity index (χ3v) is 3.35. The van der Waals surface area contributed by atoms with Gasteiger partial charge < -0.3 is 14.4 Å². The normalized spacial score (nSPS) is 13.4. The second-order valence-electron chi connectivity index (χ2n) is 4.68. The van der Waals surface area contributed by atoms with Gasteiger partial charge in [-0.3, -0.25) is 4.79 Å². The molecule has 0 heterocycles. The predicted octanol–water partition coefficient (Wildman–Crippen LogP) is 2.22. The Morgan fingerprint density at radius 1 is 1.40 bits per heavy atom. The van der Waals surface area contributed by atoms with E-state index in [1.807, 2.05) is 0 Å². The quantitative estimate of drug-likeness (QED) is 0.798. The van der Waals surface area contributed by atoms with Gasteiger partial charge in [0.15, 0.2) is 11.5 Å². The smallest absolute Gasteiger partial charge is 0.258 e. The highest BCUT2D eigenvalue weighted by atomic mass is 16.5. The first-order valence-corrected chi connectivity index (χ1v) is 6.61. The zero-order valence-electron chi connectivity index (χ0n) is 11.8. The highest BCUT2D eigenvalue weighted by molar-refractivity contribution is 5.98. The van der Waals surface area contributed by atoms with Gasteiger partial charge in [-0.25, -0.2) is 0 Å². The van der Waals surface area contributed by atoms with Crippen LogP contribution in [0, 0.1) is 11.3 Å². The predicted molar refractivity (Wildman–Crippen MR) is 73.8 cm³/mol. The number of amides is 1. The lowest BCUT2D eigenvalue weighted by molar-refractivity contribution is 0.0742.